The Bertz CT molecular complexity index is 1310. The van der Waals surface area contributed by atoms with Crippen LogP contribution >= 0.6 is 0 Å². The van der Waals surface area contributed by atoms with Crippen molar-refractivity contribution < 1.29 is 14.3 Å². The molecule has 37 heavy (non-hydrogen) atoms. The second-order valence-corrected chi connectivity index (χ2v) is 10.7. The largest absolute Gasteiger partial charge is 0.483 e. The van der Waals surface area contributed by atoms with Gasteiger partial charge < -0.3 is 14.8 Å². The molecule has 2 bridgehead atoms. The minimum Gasteiger partial charge on any atom is -0.483 e. The van der Waals surface area contributed by atoms with E-state index in [1.165, 1.54) is 12.8 Å². The Kier molecular flexibility index (Phi) is 6.94. The van der Waals surface area contributed by atoms with Gasteiger partial charge in [-0.1, -0.05) is 36.4 Å². The monoisotopic (exact) mass is 497 g/mol. The van der Waals surface area contributed by atoms with Gasteiger partial charge in [-0.3, -0.25) is 14.7 Å². The van der Waals surface area contributed by atoms with E-state index >= 15 is 0 Å². The molecule has 1 N–H and O–H groups in total. The van der Waals surface area contributed by atoms with E-state index in [2.05, 4.69) is 58.8 Å². The summed E-state index contributed by atoms with van der Waals surface area (Å²) in [7, 11) is 0. The molecule has 6 nitrogen and oxygen atoms in total. The maximum atomic E-state index is 12.7. The lowest BCUT2D eigenvalue weighted by Crippen LogP contribution is -2.36. The summed E-state index contributed by atoms with van der Waals surface area (Å²) in [6.07, 6.45) is 7.10. The lowest BCUT2D eigenvalue weighted by Gasteiger charge is -2.27. The number of benzene rings is 2. The molecule has 1 aliphatic heterocycles. The number of nitrogens with zero attached hydrogens (tertiary/aromatic N) is 2. The number of pyridine rings is 1. The van der Waals surface area contributed by atoms with Crippen molar-refractivity contribution in [3.8, 4) is 16.9 Å². The van der Waals surface area contributed by atoms with Crippen molar-refractivity contribution in [2.75, 3.05) is 39.5 Å². The van der Waals surface area contributed by atoms with Gasteiger partial charge in [0.2, 0.25) is 0 Å². The van der Waals surface area contributed by atoms with Crippen LogP contribution in [-0.2, 0) is 16.1 Å². The first kappa shape index (κ1) is 24.1. The van der Waals surface area contributed by atoms with E-state index in [-0.39, 0.29) is 12.5 Å². The maximum Gasteiger partial charge on any atom is 0.257 e. The Morgan fingerprint density at radius 1 is 1.11 bits per heavy atom. The first-order chi connectivity index (χ1) is 18.1. The smallest absolute Gasteiger partial charge is 0.257 e. The van der Waals surface area contributed by atoms with Crippen LogP contribution in [0.4, 0.5) is 0 Å². The molecular weight excluding hydrogens is 462 g/mol. The minimum atomic E-state index is -0.0519. The second-order valence-electron chi connectivity index (χ2n) is 10.7. The first-order valence-electron chi connectivity index (χ1n) is 13.5. The molecule has 2 fully saturated rings. The van der Waals surface area contributed by atoms with Gasteiger partial charge in [0.25, 0.3) is 5.91 Å². The van der Waals surface area contributed by atoms with Crippen LogP contribution in [0.5, 0.6) is 5.75 Å². The molecule has 1 saturated carbocycles. The topological polar surface area (TPSA) is 63.7 Å². The molecule has 1 saturated heterocycles. The molecule has 0 unspecified atom stereocenters. The summed E-state index contributed by atoms with van der Waals surface area (Å²) in [5.41, 5.74) is 5.37. The molecule has 1 amide bonds. The zero-order valence-corrected chi connectivity index (χ0v) is 21.5. The molecule has 2 aliphatic carbocycles. The van der Waals surface area contributed by atoms with E-state index in [1.54, 1.807) is 0 Å². The summed E-state index contributed by atoms with van der Waals surface area (Å²) in [5.74, 6) is 2.62. The molecule has 6 rings (SSSR count). The molecule has 2 aromatic carbocycles. The van der Waals surface area contributed by atoms with Crippen molar-refractivity contribution in [2.24, 2.45) is 17.8 Å². The number of fused-ring (bicyclic) bond motifs is 3. The van der Waals surface area contributed by atoms with Crippen LogP contribution < -0.4 is 10.1 Å². The van der Waals surface area contributed by atoms with Crippen molar-refractivity contribution >= 4 is 16.8 Å². The standard InChI is InChI=1S/C31H35N3O3/c1-21-14-28(27-4-2-3-5-29(27)33-21)24-8-9-30(26(17-24)19-34-10-12-36-13-11-34)37-20-31(35)32-18-25-16-22-6-7-23(25)15-22/h2-9,14,17,22-23,25H,10-13,15-16,18-20H2,1H3,(H,32,35)/t22-,23+,25-/m1/s1. The average Bonchev–Trinajstić information content (AvgIpc) is 3.55. The molecule has 3 aliphatic rings. The summed E-state index contributed by atoms with van der Waals surface area (Å²) >= 11 is 0. The summed E-state index contributed by atoms with van der Waals surface area (Å²) in [5, 5.41) is 4.25. The SMILES string of the molecule is Cc1cc(-c2ccc(OCC(=O)NC[C@H]3C[C@@H]4C=C[C@H]3C4)c(CN3CCOCC3)c2)c2ccccc2n1. The van der Waals surface area contributed by atoms with Gasteiger partial charge in [-0.25, -0.2) is 0 Å². The summed E-state index contributed by atoms with van der Waals surface area (Å²) in [6, 6.07) is 16.7. The Balaban J connectivity index is 1.20. The molecular formula is C31H35N3O3. The third-order valence-electron chi connectivity index (χ3n) is 8.05. The number of hydrogen-bond acceptors (Lipinski definition) is 5. The molecule has 1 aromatic heterocycles. The van der Waals surface area contributed by atoms with E-state index < -0.39 is 0 Å². The van der Waals surface area contributed by atoms with E-state index in [9.17, 15) is 4.79 Å². The molecule has 0 radical (unpaired) electrons. The highest BCUT2D eigenvalue weighted by Gasteiger charge is 2.35. The predicted molar refractivity (Wildman–Crippen MR) is 145 cm³/mol. The predicted octanol–water partition coefficient (Wildman–Crippen LogP) is 4.75. The zero-order chi connectivity index (χ0) is 25.2. The number of ether oxygens (including phenoxy) is 2. The van der Waals surface area contributed by atoms with Crippen LogP contribution in [0.1, 0.15) is 24.1 Å². The van der Waals surface area contributed by atoms with Crippen molar-refractivity contribution in [1.82, 2.24) is 15.2 Å². The molecule has 0 spiro atoms. The van der Waals surface area contributed by atoms with Crippen LogP contribution in [0.3, 0.4) is 0 Å². The van der Waals surface area contributed by atoms with Gasteiger partial charge in [0, 0.05) is 42.8 Å². The Morgan fingerprint density at radius 2 is 1.97 bits per heavy atom. The number of amides is 1. The maximum absolute atomic E-state index is 12.7. The van der Waals surface area contributed by atoms with Gasteiger partial charge in [-0.15, -0.1) is 0 Å². The first-order valence-corrected chi connectivity index (χ1v) is 13.5. The zero-order valence-electron chi connectivity index (χ0n) is 21.5. The number of para-hydroxylation sites is 1. The summed E-state index contributed by atoms with van der Waals surface area (Å²) < 4.78 is 11.7. The summed E-state index contributed by atoms with van der Waals surface area (Å²) in [6.45, 7) is 6.82. The normalized spacial score (nSPS) is 23.0. The second kappa shape index (κ2) is 10.6. The number of carbonyl (C=O) groups excluding carboxylic acids is 1. The highest BCUT2D eigenvalue weighted by Crippen LogP contribution is 2.43. The van der Waals surface area contributed by atoms with Gasteiger partial charge in [-0.2, -0.15) is 0 Å². The Morgan fingerprint density at radius 3 is 2.78 bits per heavy atom. The molecule has 6 heteroatoms. The number of carbonyl (C=O) groups is 1. The van der Waals surface area contributed by atoms with E-state index in [4.69, 9.17) is 14.5 Å². The van der Waals surface area contributed by atoms with Crippen LogP contribution in [0.2, 0.25) is 0 Å². The fraction of sp³-hybridized carbons (Fsp3) is 0.419. The molecule has 2 heterocycles. The van der Waals surface area contributed by atoms with Gasteiger partial charge >= 0.3 is 0 Å². The molecule has 192 valence electrons. The lowest BCUT2D eigenvalue weighted by molar-refractivity contribution is -0.123. The van der Waals surface area contributed by atoms with E-state index in [0.717, 1.165) is 78.4 Å². The van der Waals surface area contributed by atoms with Crippen LogP contribution in [-0.4, -0.2) is 55.2 Å². The van der Waals surface area contributed by atoms with Crippen LogP contribution in [0.15, 0.2) is 60.7 Å². The van der Waals surface area contributed by atoms with Crippen molar-refractivity contribution in [1.29, 1.82) is 0 Å². The Labute approximate surface area is 218 Å². The third kappa shape index (κ3) is 5.41. The average molecular weight is 498 g/mol. The quantitative estimate of drug-likeness (QED) is 0.455. The van der Waals surface area contributed by atoms with Gasteiger partial charge in [0.1, 0.15) is 5.75 Å². The summed E-state index contributed by atoms with van der Waals surface area (Å²) in [4.78, 5) is 19.8. The number of rotatable bonds is 8. The highest BCUT2D eigenvalue weighted by atomic mass is 16.5. The minimum absolute atomic E-state index is 0.0312. The third-order valence-corrected chi connectivity index (χ3v) is 8.05. The molecule has 3 atom stereocenters. The lowest BCUT2D eigenvalue weighted by atomic mass is 9.94. The Hall–Kier alpha value is -3.22. The fourth-order valence-corrected chi connectivity index (χ4v) is 6.13. The number of nitrogens with one attached hydrogen (secondary N) is 1. The van der Waals surface area contributed by atoms with Crippen LogP contribution in [0, 0.1) is 24.7 Å². The van der Waals surface area contributed by atoms with E-state index in [1.807, 2.05) is 19.1 Å². The number of hydrogen-bond donors (Lipinski definition) is 1. The van der Waals surface area contributed by atoms with Gasteiger partial charge in [0.05, 0.1) is 18.7 Å². The molecule has 3 aromatic rings. The van der Waals surface area contributed by atoms with Crippen LogP contribution in [0.25, 0.3) is 22.0 Å². The van der Waals surface area contributed by atoms with Crippen molar-refractivity contribution in [3.05, 3.63) is 71.9 Å². The van der Waals surface area contributed by atoms with Gasteiger partial charge in [-0.05, 0) is 72.9 Å². The van der Waals surface area contributed by atoms with Crippen molar-refractivity contribution in [2.45, 2.75) is 26.3 Å². The van der Waals surface area contributed by atoms with E-state index in [0.29, 0.717) is 17.8 Å². The number of morpholine rings is 1. The highest BCUT2D eigenvalue weighted by molar-refractivity contribution is 5.94. The van der Waals surface area contributed by atoms with Crippen molar-refractivity contribution in [3.63, 3.8) is 0 Å². The number of aryl methyl sites for hydroxylation is 1. The fourth-order valence-electron chi connectivity index (χ4n) is 6.13. The number of allylic oxidation sites excluding steroid dienone is 2. The number of aromatic nitrogens is 1. The van der Waals surface area contributed by atoms with Gasteiger partial charge in [0.15, 0.2) is 6.61 Å².